The Bertz CT molecular complexity index is 987. The van der Waals surface area contributed by atoms with Gasteiger partial charge in [-0.1, -0.05) is 31.2 Å². The lowest BCUT2D eigenvalue weighted by molar-refractivity contribution is 0.0628. The quantitative estimate of drug-likeness (QED) is 0.589. The molecular weight excluding hydrogens is 388 g/mol. The van der Waals surface area contributed by atoms with Crippen LogP contribution in [0.15, 0.2) is 60.9 Å². The second kappa shape index (κ2) is 9.79. The molecule has 0 saturated carbocycles. The first-order chi connectivity index (χ1) is 15.1. The van der Waals surface area contributed by atoms with E-state index in [4.69, 9.17) is 4.74 Å². The predicted octanol–water partition coefficient (Wildman–Crippen LogP) is 3.52. The number of rotatable bonds is 7. The summed E-state index contributed by atoms with van der Waals surface area (Å²) < 4.78 is 7.69. The van der Waals surface area contributed by atoms with E-state index in [-0.39, 0.29) is 5.91 Å². The Morgan fingerprint density at radius 2 is 1.61 bits per heavy atom. The highest BCUT2D eigenvalue weighted by molar-refractivity contribution is 5.94. The van der Waals surface area contributed by atoms with Crippen LogP contribution in [-0.4, -0.2) is 51.7 Å². The molecule has 6 heteroatoms. The van der Waals surface area contributed by atoms with Gasteiger partial charge < -0.3 is 9.64 Å². The van der Waals surface area contributed by atoms with Gasteiger partial charge in [0.15, 0.2) is 0 Å². The molecule has 4 rings (SSSR count). The van der Waals surface area contributed by atoms with Gasteiger partial charge in [-0.15, -0.1) is 0 Å². The monoisotopic (exact) mass is 418 g/mol. The van der Waals surface area contributed by atoms with Gasteiger partial charge in [0.25, 0.3) is 5.91 Å². The molecular formula is C25H30N4O2. The van der Waals surface area contributed by atoms with Crippen LogP contribution in [-0.2, 0) is 26.6 Å². The molecule has 2 heterocycles. The van der Waals surface area contributed by atoms with Gasteiger partial charge in [-0.05, 0) is 41.8 Å². The van der Waals surface area contributed by atoms with Gasteiger partial charge in [0, 0.05) is 57.1 Å². The van der Waals surface area contributed by atoms with Crippen LogP contribution in [0.2, 0.25) is 0 Å². The summed E-state index contributed by atoms with van der Waals surface area (Å²) in [4.78, 5) is 17.2. The number of nitrogens with zero attached hydrogens (tertiary/aromatic N) is 4. The van der Waals surface area contributed by atoms with E-state index >= 15 is 0 Å². The Labute approximate surface area is 184 Å². The fourth-order valence-electron chi connectivity index (χ4n) is 3.83. The lowest BCUT2D eigenvalue weighted by Gasteiger charge is -2.34. The number of hydrogen-bond acceptors (Lipinski definition) is 4. The molecule has 0 aliphatic carbocycles. The summed E-state index contributed by atoms with van der Waals surface area (Å²) in [5, 5.41) is 4.23. The van der Waals surface area contributed by atoms with Gasteiger partial charge in [0.2, 0.25) is 0 Å². The van der Waals surface area contributed by atoms with Gasteiger partial charge in [0.1, 0.15) is 12.4 Å². The van der Waals surface area contributed by atoms with Crippen LogP contribution < -0.4 is 4.74 Å². The molecule has 6 nitrogen and oxygen atoms in total. The number of piperazine rings is 1. The van der Waals surface area contributed by atoms with Gasteiger partial charge >= 0.3 is 0 Å². The zero-order chi connectivity index (χ0) is 21.6. The molecule has 1 aliphatic rings. The summed E-state index contributed by atoms with van der Waals surface area (Å²) >= 11 is 0. The van der Waals surface area contributed by atoms with Crippen molar-refractivity contribution in [2.24, 2.45) is 7.05 Å². The molecule has 2 aromatic carbocycles. The van der Waals surface area contributed by atoms with Crippen LogP contribution in [0.4, 0.5) is 0 Å². The standard InChI is InChI=1S/C25H30N4O2/c1-3-20-6-10-24(11-7-20)31-19-21-4-8-23(9-5-21)25(30)29-14-12-28(13-15-29)18-22-16-26-27(2)17-22/h4-11,16-17H,3,12-15,18-19H2,1-2H3. The third-order valence-electron chi connectivity index (χ3n) is 5.76. The summed E-state index contributed by atoms with van der Waals surface area (Å²) in [7, 11) is 1.93. The fraction of sp³-hybridized carbons (Fsp3) is 0.360. The number of carbonyl (C=O) groups excluding carboxylic acids is 1. The molecule has 31 heavy (non-hydrogen) atoms. The SMILES string of the molecule is CCc1ccc(OCc2ccc(C(=O)N3CCN(Cc4cnn(C)c4)CC3)cc2)cc1. The molecule has 0 bridgehead atoms. The van der Waals surface area contributed by atoms with E-state index in [1.807, 2.05) is 65.4 Å². The number of aromatic nitrogens is 2. The first-order valence-corrected chi connectivity index (χ1v) is 10.9. The van der Waals surface area contributed by atoms with E-state index in [2.05, 4.69) is 29.1 Å². The van der Waals surface area contributed by atoms with Crippen LogP contribution in [0.25, 0.3) is 0 Å². The molecule has 0 N–H and O–H groups in total. The highest BCUT2D eigenvalue weighted by atomic mass is 16.5. The molecule has 1 aliphatic heterocycles. The minimum absolute atomic E-state index is 0.101. The molecule has 1 fully saturated rings. The van der Waals surface area contributed by atoms with Gasteiger partial charge in [-0.2, -0.15) is 5.10 Å². The molecule has 3 aromatic rings. The summed E-state index contributed by atoms with van der Waals surface area (Å²) in [6.07, 6.45) is 4.97. The highest BCUT2D eigenvalue weighted by Crippen LogP contribution is 2.16. The maximum atomic E-state index is 12.9. The molecule has 0 unspecified atom stereocenters. The highest BCUT2D eigenvalue weighted by Gasteiger charge is 2.22. The second-order valence-electron chi connectivity index (χ2n) is 8.07. The number of hydrogen-bond donors (Lipinski definition) is 0. The van der Waals surface area contributed by atoms with Crippen LogP contribution in [0, 0.1) is 0 Å². The number of ether oxygens (including phenoxy) is 1. The number of aryl methyl sites for hydroxylation is 2. The van der Waals surface area contributed by atoms with E-state index in [0.29, 0.717) is 6.61 Å². The summed E-state index contributed by atoms with van der Waals surface area (Å²) in [6, 6.07) is 16.0. The maximum Gasteiger partial charge on any atom is 0.253 e. The molecule has 0 atom stereocenters. The smallest absolute Gasteiger partial charge is 0.253 e. The first kappa shape index (κ1) is 21.1. The normalized spacial score (nSPS) is 14.6. The van der Waals surface area contributed by atoms with Crippen molar-refractivity contribution >= 4 is 5.91 Å². The van der Waals surface area contributed by atoms with Crippen molar-refractivity contribution in [3.63, 3.8) is 0 Å². The third kappa shape index (κ3) is 5.52. The third-order valence-corrected chi connectivity index (χ3v) is 5.76. The number of carbonyl (C=O) groups is 1. The summed E-state index contributed by atoms with van der Waals surface area (Å²) in [5.74, 6) is 0.963. The van der Waals surface area contributed by atoms with Crippen molar-refractivity contribution in [2.75, 3.05) is 26.2 Å². The van der Waals surface area contributed by atoms with Crippen LogP contribution in [0.5, 0.6) is 5.75 Å². The van der Waals surface area contributed by atoms with Crippen molar-refractivity contribution in [3.05, 3.63) is 83.2 Å². The molecule has 0 radical (unpaired) electrons. The van der Waals surface area contributed by atoms with E-state index in [1.54, 1.807) is 0 Å². The topological polar surface area (TPSA) is 50.6 Å². The zero-order valence-corrected chi connectivity index (χ0v) is 18.3. The molecule has 1 aromatic heterocycles. The number of amides is 1. The maximum absolute atomic E-state index is 12.9. The van der Waals surface area contributed by atoms with Crippen molar-refractivity contribution in [1.82, 2.24) is 19.6 Å². The lowest BCUT2D eigenvalue weighted by Crippen LogP contribution is -2.48. The Balaban J connectivity index is 1.26. The van der Waals surface area contributed by atoms with Gasteiger partial charge in [0.05, 0.1) is 6.20 Å². The minimum Gasteiger partial charge on any atom is -0.489 e. The van der Waals surface area contributed by atoms with Crippen molar-refractivity contribution < 1.29 is 9.53 Å². The fourth-order valence-corrected chi connectivity index (χ4v) is 3.83. The van der Waals surface area contributed by atoms with E-state index in [1.165, 1.54) is 11.1 Å². The van der Waals surface area contributed by atoms with Crippen LogP contribution >= 0.6 is 0 Å². The molecule has 1 saturated heterocycles. The summed E-state index contributed by atoms with van der Waals surface area (Å²) in [6.45, 7) is 6.77. The average Bonchev–Trinajstić information content (AvgIpc) is 3.23. The average molecular weight is 419 g/mol. The Kier molecular flexibility index (Phi) is 6.67. The van der Waals surface area contributed by atoms with E-state index in [0.717, 1.165) is 56.0 Å². The zero-order valence-electron chi connectivity index (χ0n) is 18.3. The van der Waals surface area contributed by atoms with Crippen LogP contribution in [0.1, 0.15) is 34.0 Å². The second-order valence-corrected chi connectivity index (χ2v) is 8.07. The molecule has 0 spiro atoms. The van der Waals surface area contributed by atoms with Crippen molar-refractivity contribution in [2.45, 2.75) is 26.5 Å². The molecule has 162 valence electrons. The van der Waals surface area contributed by atoms with E-state index in [9.17, 15) is 4.79 Å². The Morgan fingerprint density at radius 1 is 0.935 bits per heavy atom. The van der Waals surface area contributed by atoms with Gasteiger partial charge in [-0.25, -0.2) is 0 Å². The van der Waals surface area contributed by atoms with Crippen LogP contribution in [0.3, 0.4) is 0 Å². The largest absolute Gasteiger partial charge is 0.489 e. The Hall–Kier alpha value is -3.12. The minimum atomic E-state index is 0.101. The van der Waals surface area contributed by atoms with Crippen molar-refractivity contribution in [1.29, 1.82) is 0 Å². The lowest BCUT2D eigenvalue weighted by atomic mass is 10.1. The number of benzene rings is 2. The first-order valence-electron chi connectivity index (χ1n) is 10.9. The van der Waals surface area contributed by atoms with E-state index < -0.39 is 0 Å². The Morgan fingerprint density at radius 3 is 2.23 bits per heavy atom. The predicted molar refractivity (Wildman–Crippen MR) is 121 cm³/mol. The van der Waals surface area contributed by atoms with Crippen molar-refractivity contribution in [3.8, 4) is 5.75 Å². The van der Waals surface area contributed by atoms with Gasteiger partial charge in [-0.3, -0.25) is 14.4 Å². The molecule has 1 amide bonds. The summed E-state index contributed by atoms with van der Waals surface area (Å²) in [5.41, 5.74) is 4.30.